The summed E-state index contributed by atoms with van der Waals surface area (Å²) in [5.41, 5.74) is 4.39. The molecule has 5 aromatic carbocycles. The van der Waals surface area contributed by atoms with Gasteiger partial charge in [-0.2, -0.15) is 16.8 Å². The first-order valence-electron chi connectivity index (χ1n) is 12.2. The normalized spacial score (nSPS) is 12.3. The Hall–Kier alpha value is -3.56. The van der Waals surface area contributed by atoms with E-state index in [4.69, 9.17) is 0 Å². The van der Waals surface area contributed by atoms with Crippen molar-refractivity contribution in [3.8, 4) is 0 Å². The van der Waals surface area contributed by atoms with Crippen LogP contribution in [0, 0.1) is 0 Å². The molecular formula is C30H26O6S2. The average molecular weight is 547 g/mol. The maximum Gasteiger partial charge on any atom is 0.294 e. The maximum atomic E-state index is 11.4. The van der Waals surface area contributed by atoms with E-state index in [9.17, 15) is 25.9 Å². The Bertz CT molecular complexity index is 1650. The van der Waals surface area contributed by atoms with E-state index in [1.54, 1.807) is 24.3 Å². The van der Waals surface area contributed by atoms with Gasteiger partial charge in [0.2, 0.25) is 0 Å². The van der Waals surface area contributed by atoms with Crippen LogP contribution < -0.4 is 0 Å². The summed E-state index contributed by atoms with van der Waals surface area (Å²) in [4.78, 5) is -0.233. The van der Waals surface area contributed by atoms with Gasteiger partial charge in [-0.15, -0.1) is 0 Å². The molecule has 0 spiro atoms. The second kappa shape index (κ2) is 10.3. The average Bonchev–Trinajstić information content (AvgIpc) is 2.90. The van der Waals surface area contributed by atoms with Gasteiger partial charge in [-0.05, 0) is 93.7 Å². The van der Waals surface area contributed by atoms with Crippen LogP contribution in [0.2, 0.25) is 0 Å². The molecule has 0 bridgehead atoms. The lowest BCUT2D eigenvalue weighted by molar-refractivity contribution is 0.481. The van der Waals surface area contributed by atoms with Gasteiger partial charge in [-0.3, -0.25) is 9.11 Å². The molecule has 0 heterocycles. The highest BCUT2D eigenvalue weighted by molar-refractivity contribution is 7.86. The van der Waals surface area contributed by atoms with Gasteiger partial charge in [0, 0.05) is 0 Å². The number of aryl methyl sites for hydroxylation is 4. The third kappa shape index (κ3) is 5.49. The molecule has 0 aliphatic heterocycles. The predicted octanol–water partition coefficient (Wildman–Crippen LogP) is 6.06. The highest BCUT2D eigenvalue weighted by Gasteiger charge is 2.15. The van der Waals surface area contributed by atoms with Crippen molar-refractivity contribution in [2.75, 3.05) is 0 Å². The SMILES string of the molecule is O=S(=O)(O)c1ccc(CCc2c3ccccc3c(CCc3ccc(S(=O)(=O)O)cc3)c3ccccc23)cc1. The highest BCUT2D eigenvalue weighted by Crippen LogP contribution is 2.34. The second-order valence-electron chi connectivity index (χ2n) is 9.29. The second-order valence-corrected chi connectivity index (χ2v) is 12.1. The monoisotopic (exact) mass is 546 g/mol. The van der Waals surface area contributed by atoms with Crippen LogP contribution in [0.5, 0.6) is 0 Å². The summed E-state index contributed by atoms with van der Waals surface area (Å²) < 4.78 is 64.0. The topological polar surface area (TPSA) is 109 Å². The third-order valence-corrected chi connectivity index (χ3v) is 8.66. The van der Waals surface area contributed by atoms with E-state index in [0.29, 0.717) is 12.8 Å². The summed E-state index contributed by atoms with van der Waals surface area (Å²) in [6, 6.07) is 29.2. The first kappa shape index (κ1) is 26.1. The maximum absolute atomic E-state index is 11.4. The summed E-state index contributed by atoms with van der Waals surface area (Å²) in [5, 5.41) is 4.66. The minimum atomic E-state index is -4.22. The smallest absolute Gasteiger partial charge is 0.282 e. The van der Waals surface area contributed by atoms with Crippen LogP contribution in [-0.4, -0.2) is 25.9 Å². The van der Waals surface area contributed by atoms with Crippen LogP contribution in [0.4, 0.5) is 0 Å². The van der Waals surface area contributed by atoms with E-state index in [1.807, 2.05) is 24.3 Å². The molecule has 38 heavy (non-hydrogen) atoms. The van der Waals surface area contributed by atoms with Crippen molar-refractivity contribution in [2.24, 2.45) is 0 Å². The van der Waals surface area contributed by atoms with E-state index in [-0.39, 0.29) is 9.79 Å². The minimum absolute atomic E-state index is 0.117. The van der Waals surface area contributed by atoms with Gasteiger partial charge in [0.15, 0.2) is 0 Å². The van der Waals surface area contributed by atoms with Crippen molar-refractivity contribution in [1.29, 1.82) is 0 Å². The van der Waals surface area contributed by atoms with Crippen molar-refractivity contribution in [3.63, 3.8) is 0 Å². The summed E-state index contributed by atoms with van der Waals surface area (Å²) in [5.74, 6) is 0. The van der Waals surface area contributed by atoms with Crippen LogP contribution >= 0.6 is 0 Å². The molecule has 0 aromatic heterocycles. The van der Waals surface area contributed by atoms with Crippen LogP contribution in [0.1, 0.15) is 22.3 Å². The lowest BCUT2D eigenvalue weighted by Gasteiger charge is -2.17. The molecule has 0 saturated heterocycles. The van der Waals surface area contributed by atoms with E-state index < -0.39 is 20.2 Å². The molecule has 0 amide bonds. The zero-order valence-corrected chi connectivity index (χ0v) is 22.0. The third-order valence-electron chi connectivity index (χ3n) is 6.92. The molecule has 0 radical (unpaired) electrons. The number of rotatable bonds is 8. The molecule has 0 atom stereocenters. The molecule has 0 aliphatic carbocycles. The summed E-state index contributed by atoms with van der Waals surface area (Å²) in [7, 11) is -8.44. The molecule has 0 saturated carbocycles. The largest absolute Gasteiger partial charge is 0.294 e. The zero-order chi connectivity index (χ0) is 26.9. The van der Waals surface area contributed by atoms with Gasteiger partial charge in [-0.25, -0.2) is 0 Å². The summed E-state index contributed by atoms with van der Waals surface area (Å²) in [6.07, 6.45) is 2.92. The molecule has 2 N–H and O–H groups in total. The van der Waals surface area contributed by atoms with Gasteiger partial charge in [-0.1, -0.05) is 72.8 Å². The Morgan fingerprint density at radius 1 is 0.421 bits per heavy atom. The van der Waals surface area contributed by atoms with Crippen LogP contribution in [0.3, 0.4) is 0 Å². The van der Waals surface area contributed by atoms with Gasteiger partial charge >= 0.3 is 0 Å². The van der Waals surface area contributed by atoms with E-state index in [0.717, 1.165) is 45.5 Å². The Morgan fingerprint density at radius 3 is 0.974 bits per heavy atom. The fraction of sp³-hybridized carbons (Fsp3) is 0.133. The van der Waals surface area contributed by atoms with Crippen LogP contribution in [0.25, 0.3) is 21.5 Å². The molecular weight excluding hydrogens is 520 g/mol. The standard InChI is InChI=1S/C30H26O6S2/c31-37(32,33)23-15-9-21(10-16-23)13-19-29-25-5-1-2-6-26(25)30(28-8-4-3-7-27(28)29)20-14-22-11-17-24(18-12-22)38(34,35)36/h1-12,15-18H,13-14,19-20H2,(H,31,32,33)(H,34,35,36). The van der Waals surface area contributed by atoms with Gasteiger partial charge in [0.25, 0.3) is 20.2 Å². The van der Waals surface area contributed by atoms with Crippen molar-refractivity contribution in [2.45, 2.75) is 35.5 Å². The van der Waals surface area contributed by atoms with Gasteiger partial charge < -0.3 is 0 Å². The van der Waals surface area contributed by atoms with E-state index >= 15 is 0 Å². The minimum Gasteiger partial charge on any atom is -0.282 e. The first-order valence-corrected chi connectivity index (χ1v) is 15.0. The summed E-state index contributed by atoms with van der Waals surface area (Å²) in [6.45, 7) is 0. The lowest BCUT2D eigenvalue weighted by atomic mass is 9.87. The van der Waals surface area contributed by atoms with Crippen molar-refractivity contribution in [1.82, 2.24) is 0 Å². The quantitative estimate of drug-likeness (QED) is 0.181. The number of fused-ring (bicyclic) bond motifs is 2. The first-order chi connectivity index (χ1) is 18.1. The van der Waals surface area contributed by atoms with Crippen molar-refractivity contribution in [3.05, 3.63) is 119 Å². The van der Waals surface area contributed by atoms with E-state index in [2.05, 4.69) is 24.3 Å². The van der Waals surface area contributed by atoms with Crippen LogP contribution in [0.15, 0.2) is 107 Å². The molecule has 6 nitrogen and oxygen atoms in total. The zero-order valence-electron chi connectivity index (χ0n) is 20.4. The molecule has 0 unspecified atom stereocenters. The molecule has 0 fully saturated rings. The predicted molar refractivity (Wildman–Crippen MR) is 149 cm³/mol. The van der Waals surface area contributed by atoms with E-state index in [1.165, 1.54) is 35.4 Å². The molecule has 5 rings (SSSR count). The van der Waals surface area contributed by atoms with Crippen molar-refractivity contribution >= 4 is 41.8 Å². The lowest BCUT2D eigenvalue weighted by Crippen LogP contribution is -2.01. The van der Waals surface area contributed by atoms with Crippen molar-refractivity contribution < 1.29 is 25.9 Å². The Kier molecular flexibility index (Phi) is 7.07. The fourth-order valence-electron chi connectivity index (χ4n) is 5.04. The fourth-order valence-corrected chi connectivity index (χ4v) is 6.00. The summed E-state index contributed by atoms with van der Waals surface area (Å²) >= 11 is 0. The number of hydrogen-bond donors (Lipinski definition) is 2. The van der Waals surface area contributed by atoms with Gasteiger partial charge in [0.1, 0.15) is 0 Å². The van der Waals surface area contributed by atoms with Gasteiger partial charge in [0.05, 0.1) is 9.79 Å². The molecule has 0 aliphatic rings. The Labute approximate surface area is 222 Å². The highest BCUT2D eigenvalue weighted by atomic mass is 32.2. The number of hydrogen-bond acceptors (Lipinski definition) is 4. The molecule has 194 valence electrons. The molecule has 5 aromatic rings. The Morgan fingerprint density at radius 2 is 0.711 bits per heavy atom. The Balaban J connectivity index is 1.49. The van der Waals surface area contributed by atoms with Crippen LogP contribution in [-0.2, 0) is 45.9 Å². The number of benzene rings is 5. The molecule has 8 heteroatoms.